The number of amides is 2. The van der Waals surface area contributed by atoms with Crippen LogP contribution in [0.4, 0.5) is 9.80 Å². The summed E-state index contributed by atoms with van der Waals surface area (Å²) in [7, 11) is 0. The van der Waals surface area contributed by atoms with Crippen molar-refractivity contribution in [1.29, 1.82) is 0 Å². The topological polar surface area (TPSA) is 137 Å². The number of nitrogens with zero attached hydrogens (tertiary/aromatic N) is 1. The number of nitrogen functional groups attached to an aromatic ring is 1. The molecule has 2 fully saturated rings. The van der Waals surface area contributed by atoms with Gasteiger partial charge in [0.05, 0.1) is 18.0 Å². The minimum atomic E-state index is -0.947. The molecule has 1 aromatic rings. The number of nitrogens with one attached hydrogen (secondary N) is 1. The number of esters is 1. The standard InChI is InChI=1S/C18H23N3O7S2/c1-4-26-17(25)28-8-27-16(24)12-18(2,3)30-15-11(14(23)21(12)15)20-10(22)7-9-5-6-29-13(9)19/h5-6,11-12,15H,4,7-8,19H2,1-3H3,(H,20,22)/t11?,12-,15+/m0/s1. The van der Waals surface area contributed by atoms with Gasteiger partial charge in [-0.15, -0.1) is 23.1 Å². The minimum Gasteiger partial charge on any atom is -0.435 e. The van der Waals surface area contributed by atoms with E-state index >= 15 is 0 Å². The molecule has 3 N–H and O–H groups in total. The Kier molecular flexibility index (Phi) is 6.46. The highest BCUT2D eigenvalue weighted by Crippen LogP contribution is 2.51. The molecule has 0 saturated carbocycles. The highest BCUT2D eigenvalue weighted by molar-refractivity contribution is 8.01. The van der Waals surface area contributed by atoms with Crippen molar-refractivity contribution >= 4 is 52.0 Å². The van der Waals surface area contributed by atoms with Gasteiger partial charge in [0.1, 0.15) is 17.5 Å². The van der Waals surface area contributed by atoms with E-state index in [1.807, 2.05) is 13.8 Å². The molecule has 3 heterocycles. The molecule has 0 aromatic carbocycles. The summed E-state index contributed by atoms with van der Waals surface area (Å²) < 4.78 is 13.6. The number of hydrogen-bond donors (Lipinski definition) is 2. The maximum Gasteiger partial charge on any atom is 0.511 e. The number of thioether (sulfide) groups is 1. The lowest BCUT2D eigenvalue weighted by Crippen LogP contribution is -2.70. The molecule has 0 spiro atoms. The van der Waals surface area contributed by atoms with Crippen LogP contribution in [0.3, 0.4) is 0 Å². The summed E-state index contributed by atoms with van der Waals surface area (Å²) in [5, 5.41) is 4.71. The number of carbonyl (C=O) groups excluding carboxylic acids is 4. The molecule has 164 valence electrons. The molecule has 10 nitrogen and oxygen atoms in total. The van der Waals surface area contributed by atoms with E-state index in [0.717, 1.165) is 0 Å². The van der Waals surface area contributed by atoms with Gasteiger partial charge in [0.15, 0.2) is 0 Å². The third kappa shape index (κ3) is 4.33. The Labute approximate surface area is 181 Å². The SMILES string of the molecule is CCOC(=O)OCOC(=O)[C@@H]1N2C(=O)C(NC(=O)Cc3ccsc3N)[C@H]2SC1(C)C. The fourth-order valence-corrected chi connectivity index (χ4v) is 5.68. The number of β-lactam (4-membered cyclic amide) rings is 1. The zero-order chi connectivity index (χ0) is 22.1. The van der Waals surface area contributed by atoms with Crippen LogP contribution in [0.1, 0.15) is 26.3 Å². The van der Waals surface area contributed by atoms with E-state index in [2.05, 4.69) is 14.8 Å². The molecule has 3 rings (SSSR count). The van der Waals surface area contributed by atoms with Crippen molar-refractivity contribution < 1.29 is 33.4 Å². The highest BCUT2D eigenvalue weighted by Gasteiger charge is 2.64. The first-order valence-corrected chi connectivity index (χ1v) is 11.0. The molecule has 0 aliphatic carbocycles. The van der Waals surface area contributed by atoms with E-state index < -0.39 is 35.7 Å². The van der Waals surface area contributed by atoms with Gasteiger partial charge in [0.2, 0.25) is 18.6 Å². The summed E-state index contributed by atoms with van der Waals surface area (Å²) in [6.45, 7) is 4.77. The molecule has 30 heavy (non-hydrogen) atoms. The highest BCUT2D eigenvalue weighted by atomic mass is 32.2. The Morgan fingerprint density at radius 3 is 2.63 bits per heavy atom. The van der Waals surface area contributed by atoms with E-state index in [1.165, 1.54) is 28.0 Å². The summed E-state index contributed by atoms with van der Waals surface area (Å²) >= 11 is 2.74. The van der Waals surface area contributed by atoms with E-state index in [-0.39, 0.29) is 30.2 Å². The summed E-state index contributed by atoms with van der Waals surface area (Å²) in [6, 6.07) is 0.174. The van der Waals surface area contributed by atoms with Crippen molar-refractivity contribution in [3.05, 3.63) is 17.0 Å². The predicted molar refractivity (Wildman–Crippen MR) is 110 cm³/mol. The van der Waals surface area contributed by atoms with Gasteiger partial charge < -0.3 is 30.2 Å². The van der Waals surface area contributed by atoms with Gasteiger partial charge in [-0.05, 0) is 37.8 Å². The van der Waals surface area contributed by atoms with Gasteiger partial charge in [0, 0.05) is 4.75 Å². The fraction of sp³-hybridized carbons (Fsp3) is 0.556. The Balaban J connectivity index is 1.58. The minimum absolute atomic E-state index is 0.0799. The molecular formula is C18H23N3O7S2. The van der Waals surface area contributed by atoms with E-state index in [0.29, 0.717) is 10.6 Å². The number of nitrogens with two attached hydrogens (primary N) is 1. The Hall–Kier alpha value is -2.47. The van der Waals surface area contributed by atoms with E-state index in [9.17, 15) is 19.2 Å². The summed E-state index contributed by atoms with van der Waals surface area (Å²) in [5.74, 6) is -1.37. The van der Waals surface area contributed by atoms with Crippen LogP contribution in [-0.4, -0.2) is 64.4 Å². The van der Waals surface area contributed by atoms with Crippen LogP contribution in [0.25, 0.3) is 0 Å². The van der Waals surface area contributed by atoms with Gasteiger partial charge in [-0.2, -0.15) is 0 Å². The first kappa shape index (κ1) is 22.2. The number of fused-ring (bicyclic) bond motifs is 1. The predicted octanol–water partition coefficient (Wildman–Crippen LogP) is 1.09. The van der Waals surface area contributed by atoms with Crippen LogP contribution < -0.4 is 11.1 Å². The zero-order valence-corrected chi connectivity index (χ0v) is 18.3. The first-order chi connectivity index (χ1) is 14.2. The van der Waals surface area contributed by atoms with Crippen LogP contribution in [0.2, 0.25) is 0 Å². The quantitative estimate of drug-likeness (QED) is 0.350. The lowest BCUT2D eigenvalue weighted by Gasteiger charge is -2.43. The second-order valence-corrected chi connectivity index (χ2v) is 9.92. The second kappa shape index (κ2) is 8.72. The van der Waals surface area contributed by atoms with Crippen molar-refractivity contribution in [1.82, 2.24) is 10.2 Å². The van der Waals surface area contributed by atoms with Gasteiger partial charge in [-0.1, -0.05) is 0 Å². The lowest BCUT2D eigenvalue weighted by molar-refractivity contribution is -0.170. The Morgan fingerprint density at radius 2 is 2.00 bits per heavy atom. The second-order valence-electron chi connectivity index (χ2n) is 7.20. The van der Waals surface area contributed by atoms with Crippen LogP contribution in [-0.2, 0) is 35.0 Å². The molecule has 2 aliphatic heterocycles. The molecule has 2 saturated heterocycles. The first-order valence-electron chi connectivity index (χ1n) is 9.23. The van der Waals surface area contributed by atoms with E-state index in [4.69, 9.17) is 10.5 Å². The van der Waals surface area contributed by atoms with Crippen molar-refractivity contribution in [3.63, 3.8) is 0 Å². The van der Waals surface area contributed by atoms with Crippen LogP contribution in [0.15, 0.2) is 11.4 Å². The molecule has 0 bridgehead atoms. The largest absolute Gasteiger partial charge is 0.511 e. The van der Waals surface area contributed by atoms with Crippen molar-refractivity contribution in [2.75, 3.05) is 19.1 Å². The number of thiophene rings is 1. The third-order valence-corrected chi connectivity index (χ3v) is 7.11. The molecule has 2 amide bonds. The van der Waals surface area contributed by atoms with Gasteiger partial charge >= 0.3 is 12.1 Å². The molecule has 0 radical (unpaired) electrons. The molecular weight excluding hydrogens is 434 g/mol. The zero-order valence-electron chi connectivity index (χ0n) is 16.7. The van der Waals surface area contributed by atoms with E-state index in [1.54, 1.807) is 18.4 Å². The van der Waals surface area contributed by atoms with Gasteiger partial charge in [-0.3, -0.25) is 9.59 Å². The van der Waals surface area contributed by atoms with Crippen molar-refractivity contribution in [2.24, 2.45) is 0 Å². The average molecular weight is 458 g/mol. The normalized spacial score (nSPS) is 23.9. The molecule has 3 atom stereocenters. The Morgan fingerprint density at radius 1 is 1.27 bits per heavy atom. The number of anilines is 1. The maximum absolute atomic E-state index is 12.7. The van der Waals surface area contributed by atoms with Crippen molar-refractivity contribution in [2.45, 2.75) is 49.4 Å². The molecule has 2 aliphatic rings. The summed E-state index contributed by atoms with van der Waals surface area (Å²) in [4.78, 5) is 50.2. The molecule has 1 unspecified atom stereocenters. The monoisotopic (exact) mass is 457 g/mol. The number of hydrogen-bond acceptors (Lipinski definition) is 10. The lowest BCUT2D eigenvalue weighted by atomic mass is 9.96. The fourth-order valence-electron chi connectivity index (χ4n) is 3.39. The van der Waals surface area contributed by atoms with Crippen molar-refractivity contribution in [3.8, 4) is 0 Å². The number of carbonyl (C=O) groups is 4. The smallest absolute Gasteiger partial charge is 0.435 e. The van der Waals surface area contributed by atoms with Gasteiger partial charge in [-0.25, -0.2) is 9.59 Å². The average Bonchev–Trinajstić information content (AvgIpc) is 3.18. The Bertz CT molecular complexity index is 857. The summed E-state index contributed by atoms with van der Waals surface area (Å²) in [6.07, 6.45) is -0.867. The maximum atomic E-state index is 12.7. The van der Waals surface area contributed by atoms with Crippen LogP contribution in [0, 0.1) is 0 Å². The van der Waals surface area contributed by atoms with Gasteiger partial charge in [0.25, 0.3) is 0 Å². The van der Waals surface area contributed by atoms with Crippen LogP contribution in [0.5, 0.6) is 0 Å². The number of ether oxygens (including phenoxy) is 3. The third-order valence-electron chi connectivity index (χ3n) is 4.75. The molecule has 12 heteroatoms. The van der Waals surface area contributed by atoms with Crippen LogP contribution >= 0.6 is 23.1 Å². The molecule has 1 aromatic heterocycles. The summed E-state index contributed by atoms with van der Waals surface area (Å²) in [5.41, 5.74) is 6.52. The number of rotatable bonds is 7.